The maximum atomic E-state index is 12.7. The lowest BCUT2D eigenvalue weighted by atomic mass is 10.0. The van der Waals surface area contributed by atoms with Gasteiger partial charge in [-0.2, -0.15) is 0 Å². The van der Waals surface area contributed by atoms with Crippen molar-refractivity contribution in [2.45, 2.75) is 31.8 Å². The highest BCUT2D eigenvalue weighted by Gasteiger charge is 2.39. The highest BCUT2D eigenvalue weighted by molar-refractivity contribution is 6.06. The number of anilines is 1. The van der Waals surface area contributed by atoms with Crippen molar-refractivity contribution in [1.29, 1.82) is 0 Å². The van der Waals surface area contributed by atoms with Crippen LogP contribution in [0.1, 0.15) is 35.2 Å². The highest BCUT2D eigenvalue weighted by Crippen LogP contribution is 2.32. The van der Waals surface area contributed by atoms with E-state index in [1.807, 2.05) is 0 Å². The van der Waals surface area contributed by atoms with Crippen molar-refractivity contribution in [3.8, 4) is 12.3 Å². The molecule has 8 heteroatoms. The van der Waals surface area contributed by atoms with E-state index in [0.29, 0.717) is 23.2 Å². The van der Waals surface area contributed by atoms with Crippen LogP contribution in [0.3, 0.4) is 0 Å². The Morgan fingerprint density at radius 1 is 1.37 bits per heavy atom. The molecule has 0 bridgehead atoms. The zero-order valence-electron chi connectivity index (χ0n) is 14.6. The fourth-order valence-corrected chi connectivity index (χ4v) is 3.21. The number of ether oxygens (including phenoxy) is 1. The fourth-order valence-electron chi connectivity index (χ4n) is 3.21. The van der Waals surface area contributed by atoms with E-state index in [1.54, 1.807) is 18.2 Å². The zero-order valence-corrected chi connectivity index (χ0v) is 14.6. The second-order valence-corrected chi connectivity index (χ2v) is 6.29. The quantitative estimate of drug-likeness (QED) is 0.430. The molecule has 8 nitrogen and oxygen atoms in total. The van der Waals surface area contributed by atoms with Gasteiger partial charge in [0.05, 0.1) is 13.0 Å². The van der Waals surface area contributed by atoms with Crippen LogP contribution in [-0.4, -0.2) is 47.8 Å². The fraction of sp³-hybridized carbons (Fsp3) is 0.368. The van der Waals surface area contributed by atoms with Crippen molar-refractivity contribution in [3.05, 3.63) is 29.3 Å². The second kappa shape index (κ2) is 8.01. The van der Waals surface area contributed by atoms with E-state index < -0.39 is 11.9 Å². The Morgan fingerprint density at radius 3 is 2.93 bits per heavy atom. The van der Waals surface area contributed by atoms with Gasteiger partial charge in [0.15, 0.2) is 0 Å². The summed E-state index contributed by atoms with van der Waals surface area (Å²) in [5.41, 5.74) is 1.63. The molecule has 1 aromatic carbocycles. The lowest BCUT2D eigenvalue weighted by Crippen LogP contribution is -2.52. The van der Waals surface area contributed by atoms with Gasteiger partial charge in [-0.25, -0.2) is 0 Å². The van der Waals surface area contributed by atoms with E-state index in [-0.39, 0.29) is 50.3 Å². The number of imide groups is 1. The largest absolute Gasteiger partial charge is 0.368 e. The molecule has 0 aromatic heterocycles. The van der Waals surface area contributed by atoms with Gasteiger partial charge in [0.25, 0.3) is 5.91 Å². The van der Waals surface area contributed by atoms with Crippen LogP contribution in [0.5, 0.6) is 0 Å². The maximum Gasteiger partial charge on any atom is 0.255 e. The first-order valence-corrected chi connectivity index (χ1v) is 8.59. The normalized spacial score (nSPS) is 18.7. The van der Waals surface area contributed by atoms with Gasteiger partial charge < -0.3 is 15.0 Å². The number of terminal acetylenes is 1. The van der Waals surface area contributed by atoms with Crippen LogP contribution in [0.4, 0.5) is 5.69 Å². The molecule has 2 aliphatic heterocycles. The molecule has 1 unspecified atom stereocenters. The first kappa shape index (κ1) is 18.6. The monoisotopic (exact) mass is 369 g/mol. The first-order valence-electron chi connectivity index (χ1n) is 8.59. The summed E-state index contributed by atoms with van der Waals surface area (Å²) >= 11 is 0. The Labute approximate surface area is 156 Å². The molecule has 0 saturated carbocycles. The van der Waals surface area contributed by atoms with Gasteiger partial charge in [-0.3, -0.25) is 24.5 Å². The number of rotatable bonds is 6. The van der Waals surface area contributed by atoms with Crippen molar-refractivity contribution < 1.29 is 23.9 Å². The number of carbonyl (C=O) groups excluding carboxylic acids is 4. The molecule has 0 aliphatic carbocycles. The van der Waals surface area contributed by atoms with Gasteiger partial charge in [-0.1, -0.05) is 12.0 Å². The van der Waals surface area contributed by atoms with E-state index in [1.165, 1.54) is 4.90 Å². The molecule has 3 rings (SSSR count). The summed E-state index contributed by atoms with van der Waals surface area (Å²) in [5.74, 6) is 0.978. The number of amides is 4. The lowest BCUT2D eigenvalue weighted by molar-refractivity contribution is -0.137. The zero-order chi connectivity index (χ0) is 19.4. The molecule has 4 amide bonds. The summed E-state index contributed by atoms with van der Waals surface area (Å²) in [6.45, 7) is 0.542. The maximum absolute atomic E-state index is 12.7. The van der Waals surface area contributed by atoms with Crippen LogP contribution in [-0.2, 0) is 25.7 Å². The standard InChI is InChI=1S/C19H19N3O5/c1-2-9-27-10-8-17(24)20-14-5-3-4-12-13(14)11-22(19(12)26)15-6-7-16(23)21-18(15)25/h1,3-5,15H,6-11H2,(H,20,24)(H,21,23,25). The van der Waals surface area contributed by atoms with E-state index >= 15 is 0 Å². The van der Waals surface area contributed by atoms with Crippen LogP contribution in [0.25, 0.3) is 0 Å². The van der Waals surface area contributed by atoms with E-state index in [9.17, 15) is 19.2 Å². The lowest BCUT2D eigenvalue weighted by Gasteiger charge is -2.29. The average molecular weight is 369 g/mol. The van der Waals surface area contributed by atoms with Crippen molar-refractivity contribution in [2.24, 2.45) is 0 Å². The minimum Gasteiger partial charge on any atom is -0.368 e. The smallest absolute Gasteiger partial charge is 0.255 e. The molecular weight excluding hydrogens is 350 g/mol. The Morgan fingerprint density at radius 2 is 2.19 bits per heavy atom. The average Bonchev–Trinajstić information content (AvgIpc) is 2.97. The highest BCUT2D eigenvalue weighted by atomic mass is 16.5. The molecule has 1 saturated heterocycles. The van der Waals surface area contributed by atoms with Gasteiger partial charge >= 0.3 is 0 Å². The van der Waals surface area contributed by atoms with Crippen molar-refractivity contribution in [1.82, 2.24) is 10.2 Å². The van der Waals surface area contributed by atoms with Crippen LogP contribution >= 0.6 is 0 Å². The molecule has 1 aromatic rings. The molecule has 0 spiro atoms. The van der Waals surface area contributed by atoms with Gasteiger partial charge in [-0.05, 0) is 18.6 Å². The van der Waals surface area contributed by atoms with Crippen LogP contribution in [0.15, 0.2) is 18.2 Å². The number of benzene rings is 1. The molecule has 1 fully saturated rings. The Kier molecular flexibility index (Phi) is 5.52. The first-order chi connectivity index (χ1) is 13.0. The number of fused-ring (bicyclic) bond motifs is 1. The summed E-state index contributed by atoms with van der Waals surface area (Å²) in [7, 11) is 0. The number of hydrogen-bond donors (Lipinski definition) is 2. The van der Waals surface area contributed by atoms with Crippen molar-refractivity contribution in [2.75, 3.05) is 18.5 Å². The molecule has 2 aliphatic rings. The minimum atomic E-state index is -0.691. The topological polar surface area (TPSA) is 105 Å². The molecule has 2 heterocycles. The third-order valence-corrected chi connectivity index (χ3v) is 4.52. The van der Waals surface area contributed by atoms with Gasteiger partial charge in [0.2, 0.25) is 17.7 Å². The third kappa shape index (κ3) is 3.99. The summed E-state index contributed by atoms with van der Waals surface area (Å²) < 4.78 is 5.09. The summed E-state index contributed by atoms with van der Waals surface area (Å²) in [4.78, 5) is 49.7. The molecule has 140 valence electrons. The Hall–Kier alpha value is -3.18. The SMILES string of the molecule is C#CCOCCC(=O)Nc1cccc2c1CN(C1CCC(=O)NC1=O)C2=O. The number of hydrogen-bond acceptors (Lipinski definition) is 5. The van der Waals surface area contributed by atoms with Gasteiger partial charge in [0.1, 0.15) is 12.6 Å². The van der Waals surface area contributed by atoms with Crippen molar-refractivity contribution >= 4 is 29.3 Å². The minimum absolute atomic E-state index is 0.135. The molecule has 27 heavy (non-hydrogen) atoms. The van der Waals surface area contributed by atoms with Gasteiger partial charge in [0, 0.05) is 29.8 Å². The van der Waals surface area contributed by atoms with E-state index in [2.05, 4.69) is 16.6 Å². The molecule has 2 N–H and O–H groups in total. The van der Waals surface area contributed by atoms with E-state index in [4.69, 9.17) is 11.2 Å². The molecule has 0 radical (unpaired) electrons. The molecule has 1 atom stereocenters. The van der Waals surface area contributed by atoms with Crippen LogP contribution < -0.4 is 10.6 Å². The number of carbonyl (C=O) groups is 4. The van der Waals surface area contributed by atoms with Crippen molar-refractivity contribution in [3.63, 3.8) is 0 Å². The summed E-state index contributed by atoms with van der Waals surface area (Å²) in [5, 5.41) is 5.04. The van der Waals surface area contributed by atoms with E-state index in [0.717, 1.165) is 0 Å². The Bertz CT molecular complexity index is 842. The third-order valence-electron chi connectivity index (χ3n) is 4.52. The van der Waals surface area contributed by atoms with Gasteiger partial charge in [-0.15, -0.1) is 6.42 Å². The summed E-state index contributed by atoms with van der Waals surface area (Å²) in [6.07, 6.45) is 5.69. The summed E-state index contributed by atoms with van der Waals surface area (Å²) in [6, 6.07) is 4.35. The number of nitrogens with zero attached hydrogens (tertiary/aromatic N) is 1. The number of piperidine rings is 1. The molecular formula is C19H19N3O5. The number of nitrogens with one attached hydrogen (secondary N) is 2. The predicted molar refractivity (Wildman–Crippen MR) is 95.4 cm³/mol. The Balaban J connectivity index is 1.70. The van der Waals surface area contributed by atoms with Crippen LogP contribution in [0.2, 0.25) is 0 Å². The van der Waals surface area contributed by atoms with Crippen LogP contribution in [0, 0.1) is 12.3 Å². The predicted octanol–water partition coefficient (Wildman–Crippen LogP) is 0.426. The second-order valence-electron chi connectivity index (χ2n) is 6.29.